The minimum absolute atomic E-state index is 0.504. The van der Waals surface area contributed by atoms with Gasteiger partial charge in [-0.2, -0.15) is 0 Å². The van der Waals surface area contributed by atoms with Crippen LogP contribution in [0.1, 0.15) is 33.1 Å². The molecule has 16 heavy (non-hydrogen) atoms. The van der Waals surface area contributed by atoms with Gasteiger partial charge in [0.1, 0.15) is 6.04 Å². The number of carbonyl (C=O) groups excluding carboxylic acids is 2. The first-order valence-electron chi connectivity index (χ1n) is 5.15. The normalized spacial score (nSPS) is 11.7. The molecule has 1 atom stereocenters. The van der Waals surface area contributed by atoms with Gasteiger partial charge in [-0.05, 0) is 26.2 Å². The molecule has 0 spiro atoms. The second kappa shape index (κ2) is 8.18. The third-order valence-corrected chi connectivity index (χ3v) is 2.01. The van der Waals surface area contributed by atoms with Crippen molar-refractivity contribution in [1.82, 2.24) is 5.32 Å². The van der Waals surface area contributed by atoms with Crippen molar-refractivity contribution in [2.75, 3.05) is 6.54 Å². The Kier molecular flexibility index (Phi) is 7.66. The number of unbranched alkanes of at least 4 members (excludes halogenated alkanes) is 1. The quantitative estimate of drug-likeness (QED) is 0.307. The Morgan fingerprint density at radius 3 is 2.50 bits per heavy atom. The van der Waals surface area contributed by atoms with Crippen molar-refractivity contribution in [3.8, 4) is 0 Å². The lowest BCUT2D eigenvalue weighted by atomic mass is 10.1. The maximum absolute atomic E-state index is 11.1. The molecule has 0 rings (SSSR count). The maximum atomic E-state index is 11.1. The van der Waals surface area contributed by atoms with Crippen LogP contribution < -0.4 is 11.1 Å². The van der Waals surface area contributed by atoms with Crippen LogP contribution in [0, 0.1) is 0 Å². The van der Waals surface area contributed by atoms with E-state index in [0.29, 0.717) is 6.42 Å². The van der Waals surface area contributed by atoms with Crippen molar-refractivity contribution in [3.05, 3.63) is 0 Å². The highest BCUT2D eigenvalue weighted by molar-refractivity contribution is 7.80. The molecule has 0 aliphatic heterocycles. The largest absolute Gasteiger partial charge is 0.392 e. The fourth-order valence-corrected chi connectivity index (χ4v) is 1.19. The van der Waals surface area contributed by atoms with E-state index in [2.05, 4.69) is 10.1 Å². The van der Waals surface area contributed by atoms with Crippen LogP contribution in [0.4, 0.5) is 0 Å². The Labute approximate surface area is 101 Å². The summed E-state index contributed by atoms with van der Waals surface area (Å²) in [5, 5.41) is 3.00. The Hall–Kier alpha value is -1.01. The van der Waals surface area contributed by atoms with E-state index in [4.69, 9.17) is 18.0 Å². The minimum atomic E-state index is -0.725. The Morgan fingerprint density at radius 1 is 1.38 bits per heavy atom. The zero-order chi connectivity index (χ0) is 12.6. The van der Waals surface area contributed by atoms with Crippen LogP contribution in [0.2, 0.25) is 0 Å². The van der Waals surface area contributed by atoms with E-state index < -0.39 is 18.0 Å². The van der Waals surface area contributed by atoms with Crippen molar-refractivity contribution in [1.29, 1.82) is 0 Å². The fourth-order valence-electron chi connectivity index (χ4n) is 1.09. The summed E-state index contributed by atoms with van der Waals surface area (Å²) in [6, 6.07) is -0.725. The lowest BCUT2D eigenvalue weighted by molar-refractivity contribution is -0.159. The molecule has 0 aromatic rings. The van der Waals surface area contributed by atoms with Gasteiger partial charge in [0, 0.05) is 13.5 Å². The standard InChI is InChI=1S/C10H18N2O3S/c1-7(16)12-6-4-3-5-9(11)10(14)15-8(2)13/h9H,3-6,11H2,1-2H3,(H,12,16)/t9-/m0/s1. The summed E-state index contributed by atoms with van der Waals surface area (Å²) in [5.41, 5.74) is 5.53. The van der Waals surface area contributed by atoms with Crippen LogP contribution in [0.25, 0.3) is 0 Å². The highest BCUT2D eigenvalue weighted by Gasteiger charge is 2.16. The molecule has 92 valence electrons. The van der Waals surface area contributed by atoms with Gasteiger partial charge in [-0.25, -0.2) is 4.79 Å². The number of esters is 2. The van der Waals surface area contributed by atoms with E-state index >= 15 is 0 Å². The van der Waals surface area contributed by atoms with Gasteiger partial charge in [-0.3, -0.25) is 4.79 Å². The van der Waals surface area contributed by atoms with Crippen molar-refractivity contribution < 1.29 is 14.3 Å². The average molecular weight is 246 g/mol. The number of hydrogen-bond donors (Lipinski definition) is 2. The van der Waals surface area contributed by atoms with E-state index in [0.717, 1.165) is 24.4 Å². The van der Waals surface area contributed by atoms with E-state index in [-0.39, 0.29) is 0 Å². The second-order valence-electron chi connectivity index (χ2n) is 3.50. The topological polar surface area (TPSA) is 81.4 Å². The molecule has 0 saturated carbocycles. The van der Waals surface area contributed by atoms with E-state index in [1.54, 1.807) is 0 Å². The van der Waals surface area contributed by atoms with Crippen LogP contribution in [0.3, 0.4) is 0 Å². The Bertz CT molecular complexity index is 269. The molecule has 6 heteroatoms. The molecule has 0 heterocycles. The van der Waals surface area contributed by atoms with Crippen molar-refractivity contribution in [2.24, 2.45) is 5.73 Å². The number of nitrogens with one attached hydrogen (secondary N) is 1. The molecule has 0 amide bonds. The predicted octanol–water partition coefficient (Wildman–Crippen LogP) is 0.511. The van der Waals surface area contributed by atoms with Gasteiger partial charge in [0.15, 0.2) is 0 Å². The number of ether oxygens (including phenoxy) is 1. The molecule has 0 saturated heterocycles. The van der Waals surface area contributed by atoms with E-state index in [1.807, 2.05) is 6.92 Å². The second-order valence-corrected chi connectivity index (χ2v) is 4.11. The maximum Gasteiger partial charge on any atom is 0.330 e. The molecule has 0 aliphatic rings. The molecule has 0 fully saturated rings. The number of hydrogen-bond acceptors (Lipinski definition) is 5. The van der Waals surface area contributed by atoms with Gasteiger partial charge in [0.05, 0.1) is 4.99 Å². The summed E-state index contributed by atoms with van der Waals surface area (Å²) in [6.07, 6.45) is 2.16. The van der Waals surface area contributed by atoms with E-state index in [9.17, 15) is 9.59 Å². The summed E-state index contributed by atoms with van der Waals surface area (Å²) < 4.78 is 4.37. The molecule has 0 radical (unpaired) electrons. The lowest BCUT2D eigenvalue weighted by Crippen LogP contribution is -2.33. The van der Waals surface area contributed by atoms with Crippen LogP contribution >= 0.6 is 12.2 Å². The van der Waals surface area contributed by atoms with Gasteiger partial charge in [0.2, 0.25) is 0 Å². The van der Waals surface area contributed by atoms with Gasteiger partial charge in [-0.1, -0.05) is 12.2 Å². The highest BCUT2D eigenvalue weighted by atomic mass is 32.1. The van der Waals surface area contributed by atoms with Crippen molar-refractivity contribution in [3.63, 3.8) is 0 Å². The third-order valence-electron chi connectivity index (χ3n) is 1.86. The van der Waals surface area contributed by atoms with Crippen LogP contribution in [0.5, 0.6) is 0 Å². The van der Waals surface area contributed by atoms with E-state index in [1.165, 1.54) is 6.92 Å². The summed E-state index contributed by atoms with van der Waals surface area (Å²) in [5.74, 6) is -1.29. The van der Waals surface area contributed by atoms with Crippen molar-refractivity contribution >= 4 is 29.1 Å². The SMILES string of the molecule is CC(=O)OC(=O)[C@@H](N)CCCCNC(C)=S. The Balaban J connectivity index is 3.57. The fraction of sp³-hybridized carbons (Fsp3) is 0.700. The minimum Gasteiger partial charge on any atom is -0.392 e. The highest BCUT2D eigenvalue weighted by Crippen LogP contribution is 2.00. The monoisotopic (exact) mass is 246 g/mol. The molecule has 0 unspecified atom stereocenters. The summed E-state index contributed by atoms with van der Waals surface area (Å²) in [6.45, 7) is 3.76. The Morgan fingerprint density at radius 2 is 2.00 bits per heavy atom. The van der Waals surface area contributed by atoms with Crippen LogP contribution in [0.15, 0.2) is 0 Å². The smallest absolute Gasteiger partial charge is 0.330 e. The van der Waals surface area contributed by atoms with Crippen molar-refractivity contribution in [2.45, 2.75) is 39.2 Å². The zero-order valence-electron chi connectivity index (χ0n) is 9.62. The van der Waals surface area contributed by atoms with Gasteiger partial charge < -0.3 is 15.8 Å². The third kappa shape index (κ3) is 8.31. The summed E-state index contributed by atoms with van der Waals surface area (Å²) >= 11 is 4.84. The van der Waals surface area contributed by atoms with Crippen LogP contribution in [-0.2, 0) is 14.3 Å². The summed E-state index contributed by atoms with van der Waals surface area (Å²) in [4.78, 5) is 22.4. The molecule has 0 aliphatic carbocycles. The molecule has 0 bridgehead atoms. The number of nitrogens with two attached hydrogens (primary N) is 1. The molecule has 0 aromatic carbocycles. The molecular formula is C10H18N2O3S. The zero-order valence-corrected chi connectivity index (χ0v) is 10.4. The number of carbonyl (C=O) groups is 2. The molecular weight excluding hydrogens is 228 g/mol. The molecule has 3 N–H and O–H groups in total. The first-order valence-corrected chi connectivity index (χ1v) is 5.56. The van der Waals surface area contributed by atoms with Gasteiger partial charge in [-0.15, -0.1) is 0 Å². The summed E-state index contributed by atoms with van der Waals surface area (Å²) in [7, 11) is 0. The first kappa shape index (κ1) is 15.0. The van der Waals surface area contributed by atoms with Crippen LogP contribution in [-0.4, -0.2) is 29.5 Å². The molecule has 5 nitrogen and oxygen atoms in total. The molecule has 0 aromatic heterocycles. The first-order chi connectivity index (χ1) is 7.43. The lowest BCUT2D eigenvalue weighted by Gasteiger charge is -2.09. The number of thiocarbonyl (C=S) groups is 1. The number of rotatable bonds is 6. The van der Waals surface area contributed by atoms with Gasteiger partial charge >= 0.3 is 11.9 Å². The van der Waals surface area contributed by atoms with Gasteiger partial charge in [0.25, 0.3) is 0 Å². The average Bonchev–Trinajstić information content (AvgIpc) is 2.15. The predicted molar refractivity (Wildman–Crippen MR) is 64.9 cm³/mol.